The van der Waals surface area contributed by atoms with Crippen LogP contribution in [0.1, 0.15) is 39.0 Å². The van der Waals surface area contributed by atoms with Crippen molar-refractivity contribution in [2.45, 2.75) is 57.3 Å². The average Bonchev–Trinajstić information content (AvgIpc) is 2.81. The zero-order valence-electron chi connectivity index (χ0n) is 7.70. The maximum Gasteiger partial charge on any atom is 0.0894 e. The van der Waals surface area contributed by atoms with Crippen LogP contribution >= 0.6 is 0 Å². The van der Waals surface area contributed by atoms with Gasteiger partial charge in [-0.05, 0) is 19.3 Å². The van der Waals surface area contributed by atoms with Gasteiger partial charge in [-0.3, -0.25) is 0 Å². The van der Waals surface area contributed by atoms with E-state index in [-0.39, 0.29) is 6.10 Å². The van der Waals surface area contributed by atoms with Crippen LogP contribution in [0.4, 0.5) is 0 Å². The summed E-state index contributed by atoms with van der Waals surface area (Å²) in [7, 11) is 0. The van der Waals surface area contributed by atoms with Gasteiger partial charge in [0, 0.05) is 5.92 Å². The summed E-state index contributed by atoms with van der Waals surface area (Å²) in [5.41, 5.74) is 0. The van der Waals surface area contributed by atoms with E-state index in [0.717, 1.165) is 12.8 Å². The summed E-state index contributed by atoms with van der Waals surface area (Å²) in [6, 6.07) is 0. The predicted molar refractivity (Wildman–Crippen MR) is 46.9 cm³/mol. The summed E-state index contributed by atoms with van der Waals surface area (Å²) in [6.07, 6.45) is 6.47. The normalized spacial score (nSPS) is 42.0. The number of hydrogen-bond donors (Lipinski definition) is 1. The monoisotopic (exact) mass is 170 g/mol. The number of aliphatic hydroxyl groups is 1. The van der Waals surface area contributed by atoms with E-state index >= 15 is 0 Å². The highest BCUT2D eigenvalue weighted by atomic mass is 16.6. The summed E-state index contributed by atoms with van der Waals surface area (Å²) in [6.45, 7) is 2.12. The first kappa shape index (κ1) is 8.52. The molecule has 0 aromatic heterocycles. The topological polar surface area (TPSA) is 32.8 Å². The number of fused-ring (bicyclic) bond motifs is 1. The summed E-state index contributed by atoms with van der Waals surface area (Å²) in [5, 5.41) is 9.79. The lowest BCUT2D eigenvalue weighted by Crippen LogP contribution is -2.28. The molecule has 1 heterocycles. The van der Waals surface area contributed by atoms with Crippen molar-refractivity contribution in [1.29, 1.82) is 0 Å². The van der Waals surface area contributed by atoms with Crippen LogP contribution < -0.4 is 0 Å². The summed E-state index contributed by atoms with van der Waals surface area (Å²) >= 11 is 0. The third-order valence-electron chi connectivity index (χ3n) is 3.15. The minimum atomic E-state index is -0.106. The van der Waals surface area contributed by atoms with Crippen LogP contribution in [-0.2, 0) is 4.74 Å². The zero-order valence-corrected chi connectivity index (χ0v) is 7.70. The van der Waals surface area contributed by atoms with E-state index < -0.39 is 0 Å². The van der Waals surface area contributed by atoms with Crippen LogP contribution in [0.2, 0.25) is 0 Å². The maximum atomic E-state index is 9.79. The second kappa shape index (κ2) is 3.35. The van der Waals surface area contributed by atoms with E-state index in [0.29, 0.717) is 18.1 Å². The van der Waals surface area contributed by atoms with E-state index in [1.165, 1.54) is 19.3 Å². The Bertz CT molecular complexity index is 158. The average molecular weight is 170 g/mol. The second-order valence-corrected chi connectivity index (χ2v) is 4.09. The van der Waals surface area contributed by atoms with Gasteiger partial charge in [0.25, 0.3) is 0 Å². The molecule has 2 rings (SSSR count). The van der Waals surface area contributed by atoms with E-state index in [4.69, 9.17) is 4.74 Å². The van der Waals surface area contributed by atoms with Gasteiger partial charge in [0.05, 0.1) is 18.3 Å². The largest absolute Gasteiger partial charge is 0.393 e. The first-order valence-corrected chi connectivity index (χ1v) is 5.16. The quantitative estimate of drug-likeness (QED) is 0.654. The number of epoxide rings is 1. The smallest absolute Gasteiger partial charge is 0.0894 e. The van der Waals surface area contributed by atoms with Crippen LogP contribution in [0, 0.1) is 5.92 Å². The number of ether oxygens (including phenoxy) is 1. The van der Waals surface area contributed by atoms with Gasteiger partial charge in [-0.15, -0.1) is 0 Å². The Morgan fingerprint density at radius 2 is 2.33 bits per heavy atom. The lowest BCUT2D eigenvalue weighted by atomic mass is 9.84. The summed E-state index contributed by atoms with van der Waals surface area (Å²) in [5.74, 6) is 0.448. The van der Waals surface area contributed by atoms with Gasteiger partial charge in [0.2, 0.25) is 0 Å². The molecule has 1 N–H and O–H groups in total. The van der Waals surface area contributed by atoms with Crippen LogP contribution in [0.25, 0.3) is 0 Å². The fraction of sp³-hybridized carbons (Fsp3) is 1.00. The Labute approximate surface area is 73.9 Å². The molecule has 1 aliphatic heterocycles. The molecule has 4 unspecified atom stereocenters. The van der Waals surface area contributed by atoms with Gasteiger partial charge < -0.3 is 9.84 Å². The van der Waals surface area contributed by atoms with Gasteiger partial charge in [-0.25, -0.2) is 0 Å². The molecule has 0 spiro atoms. The van der Waals surface area contributed by atoms with Crippen molar-refractivity contribution in [3.8, 4) is 0 Å². The molecule has 0 amide bonds. The van der Waals surface area contributed by atoms with Crippen molar-refractivity contribution in [2.24, 2.45) is 5.92 Å². The summed E-state index contributed by atoms with van der Waals surface area (Å²) in [4.78, 5) is 0. The fourth-order valence-corrected chi connectivity index (χ4v) is 2.41. The van der Waals surface area contributed by atoms with Crippen LogP contribution in [-0.4, -0.2) is 23.4 Å². The number of aliphatic hydroxyl groups excluding tert-OH is 1. The number of hydrogen-bond acceptors (Lipinski definition) is 2. The van der Waals surface area contributed by atoms with Gasteiger partial charge in [0.1, 0.15) is 0 Å². The highest BCUT2D eigenvalue weighted by Crippen LogP contribution is 2.42. The minimum Gasteiger partial charge on any atom is -0.393 e. The van der Waals surface area contributed by atoms with Crippen LogP contribution in [0.15, 0.2) is 0 Å². The standard InChI is InChI=1S/C10H18O2/c1-2-4-8(11)7-5-3-6-9-10(7)12-9/h7-11H,2-6H2,1H3. The van der Waals surface area contributed by atoms with Crippen LogP contribution in [0.5, 0.6) is 0 Å². The van der Waals surface area contributed by atoms with Crippen molar-refractivity contribution < 1.29 is 9.84 Å². The Balaban J connectivity index is 1.85. The molecule has 70 valence electrons. The molecule has 2 fully saturated rings. The maximum absolute atomic E-state index is 9.79. The van der Waals surface area contributed by atoms with Crippen molar-refractivity contribution in [3.05, 3.63) is 0 Å². The Hall–Kier alpha value is -0.0800. The first-order chi connectivity index (χ1) is 5.83. The summed E-state index contributed by atoms with van der Waals surface area (Å²) < 4.78 is 5.50. The molecule has 0 bridgehead atoms. The van der Waals surface area contributed by atoms with Gasteiger partial charge in [0.15, 0.2) is 0 Å². The van der Waals surface area contributed by atoms with Crippen LogP contribution in [0.3, 0.4) is 0 Å². The molecular formula is C10H18O2. The second-order valence-electron chi connectivity index (χ2n) is 4.09. The Kier molecular flexibility index (Phi) is 2.37. The fourth-order valence-electron chi connectivity index (χ4n) is 2.41. The van der Waals surface area contributed by atoms with Crippen molar-refractivity contribution in [3.63, 3.8) is 0 Å². The van der Waals surface area contributed by atoms with Gasteiger partial charge in [-0.1, -0.05) is 19.8 Å². The number of rotatable bonds is 3. The van der Waals surface area contributed by atoms with E-state index in [9.17, 15) is 5.11 Å². The molecule has 1 saturated heterocycles. The van der Waals surface area contributed by atoms with Crippen molar-refractivity contribution >= 4 is 0 Å². The lowest BCUT2D eigenvalue weighted by Gasteiger charge is -2.23. The molecule has 4 atom stereocenters. The molecule has 0 aromatic carbocycles. The molecule has 1 saturated carbocycles. The third kappa shape index (κ3) is 1.50. The molecule has 2 nitrogen and oxygen atoms in total. The Morgan fingerprint density at radius 3 is 3.08 bits per heavy atom. The molecule has 0 radical (unpaired) electrons. The molecule has 1 aliphatic carbocycles. The van der Waals surface area contributed by atoms with E-state index in [1.54, 1.807) is 0 Å². The van der Waals surface area contributed by atoms with Gasteiger partial charge in [-0.2, -0.15) is 0 Å². The SMILES string of the molecule is CCCC(O)C1CCCC2OC21. The molecule has 0 aromatic rings. The van der Waals surface area contributed by atoms with Crippen molar-refractivity contribution in [2.75, 3.05) is 0 Å². The molecular weight excluding hydrogens is 152 g/mol. The van der Waals surface area contributed by atoms with E-state index in [1.807, 2.05) is 0 Å². The van der Waals surface area contributed by atoms with E-state index in [2.05, 4.69) is 6.92 Å². The third-order valence-corrected chi connectivity index (χ3v) is 3.15. The lowest BCUT2D eigenvalue weighted by molar-refractivity contribution is 0.0737. The van der Waals surface area contributed by atoms with Crippen molar-refractivity contribution in [1.82, 2.24) is 0 Å². The minimum absolute atomic E-state index is 0.106. The first-order valence-electron chi connectivity index (χ1n) is 5.16. The molecule has 12 heavy (non-hydrogen) atoms. The molecule has 2 aliphatic rings. The Morgan fingerprint density at radius 1 is 1.50 bits per heavy atom. The highest BCUT2D eigenvalue weighted by Gasteiger charge is 2.49. The van der Waals surface area contributed by atoms with Gasteiger partial charge >= 0.3 is 0 Å². The predicted octanol–water partition coefficient (Wildman–Crippen LogP) is 1.71. The zero-order chi connectivity index (χ0) is 8.55. The molecule has 2 heteroatoms. The highest BCUT2D eigenvalue weighted by molar-refractivity contribution is 4.96.